The summed E-state index contributed by atoms with van der Waals surface area (Å²) >= 11 is 0. The number of anilines is 2. The lowest BCUT2D eigenvalue weighted by Gasteiger charge is -2.34. The number of aryl methyl sites for hydroxylation is 1. The number of piperazine rings is 1. The van der Waals surface area contributed by atoms with Crippen molar-refractivity contribution in [3.63, 3.8) is 0 Å². The molecular weight excluding hydrogens is 288 g/mol. The first-order valence-corrected chi connectivity index (χ1v) is 8.68. The summed E-state index contributed by atoms with van der Waals surface area (Å²) in [6, 6.07) is 6.22. The Morgan fingerprint density at radius 2 is 2.00 bits per heavy atom. The molecule has 1 heterocycles. The lowest BCUT2D eigenvalue weighted by atomic mass is 10.1. The number of unbranched alkanes of at least 4 members (excludes halogenated alkanes) is 1. The van der Waals surface area contributed by atoms with E-state index < -0.39 is 0 Å². The predicted octanol–water partition coefficient (Wildman–Crippen LogP) is 1.87. The molecule has 1 saturated heterocycles. The van der Waals surface area contributed by atoms with E-state index in [9.17, 15) is 4.79 Å². The summed E-state index contributed by atoms with van der Waals surface area (Å²) in [5.41, 5.74) is 9.30. The van der Waals surface area contributed by atoms with Crippen LogP contribution < -0.4 is 16.0 Å². The van der Waals surface area contributed by atoms with E-state index in [2.05, 4.69) is 41.2 Å². The largest absolute Gasteiger partial charge is 0.397 e. The van der Waals surface area contributed by atoms with Crippen LogP contribution in [0.2, 0.25) is 0 Å². The van der Waals surface area contributed by atoms with Crippen LogP contribution in [-0.4, -0.2) is 50.6 Å². The number of likely N-dealkylation sites (N-methyl/N-ethyl adjacent to an activating group) is 1. The number of carbonyl (C=O) groups is 1. The number of benzene rings is 1. The fourth-order valence-corrected chi connectivity index (χ4v) is 2.85. The molecule has 1 aromatic rings. The lowest BCUT2D eigenvalue weighted by molar-refractivity contribution is -0.121. The monoisotopic (exact) mass is 318 g/mol. The third kappa shape index (κ3) is 5.43. The molecule has 0 unspecified atom stereocenters. The summed E-state index contributed by atoms with van der Waals surface area (Å²) in [6.07, 6.45) is 3.41. The van der Waals surface area contributed by atoms with Gasteiger partial charge in [0, 0.05) is 39.1 Å². The second kappa shape index (κ2) is 8.77. The van der Waals surface area contributed by atoms with Gasteiger partial charge in [-0.1, -0.05) is 19.4 Å². The molecule has 0 bridgehead atoms. The Morgan fingerprint density at radius 1 is 1.26 bits per heavy atom. The molecule has 1 aliphatic heterocycles. The van der Waals surface area contributed by atoms with Crippen LogP contribution in [0.25, 0.3) is 0 Å². The second-order valence-corrected chi connectivity index (χ2v) is 6.39. The summed E-state index contributed by atoms with van der Waals surface area (Å²) in [5, 5.41) is 2.95. The highest BCUT2D eigenvalue weighted by atomic mass is 16.1. The molecule has 1 aliphatic rings. The minimum atomic E-state index is 0.125. The van der Waals surface area contributed by atoms with E-state index in [1.54, 1.807) is 0 Å². The fraction of sp³-hybridized carbons (Fsp3) is 0.611. The molecule has 0 aromatic heterocycles. The van der Waals surface area contributed by atoms with Crippen LogP contribution in [0.5, 0.6) is 0 Å². The Hall–Kier alpha value is -1.75. The van der Waals surface area contributed by atoms with Gasteiger partial charge in [0.25, 0.3) is 0 Å². The van der Waals surface area contributed by atoms with Crippen molar-refractivity contribution < 1.29 is 4.79 Å². The van der Waals surface area contributed by atoms with E-state index in [-0.39, 0.29) is 5.91 Å². The number of hydrogen-bond acceptors (Lipinski definition) is 4. The molecule has 0 atom stereocenters. The number of carbonyl (C=O) groups excluding carboxylic acids is 1. The van der Waals surface area contributed by atoms with Gasteiger partial charge in [0.15, 0.2) is 0 Å². The zero-order valence-corrected chi connectivity index (χ0v) is 14.5. The first-order valence-electron chi connectivity index (χ1n) is 8.68. The molecule has 23 heavy (non-hydrogen) atoms. The number of nitrogens with zero attached hydrogens (tertiary/aromatic N) is 2. The van der Waals surface area contributed by atoms with Crippen LogP contribution in [0.3, 0.4) is 0 Å². The van der Waals surface area contributed by atoms with Crippen molar-refractivity contribution in [1.29, 1.82) is 0 Å². The molecule has 5 nitrogen and oxygen atoms in total. The quantitative estimate of drug-likeness (QED) is 0.595. The van der Waals surface area contributed by atoms with Crippen molar-refractivity contribution in [2.75, 3.05) is 50.4 Å². The van der Waals surface area contributed by atoms with Gasteiger partial charge in [-0.25, -0.2) is 0 Å². The van der Waals surface area contributed by atoms with Crippen molar-refractivity contribution in [3.05, 3.63) is 23.8 Å². The van der Waals surface area contributed by atoms with Gasteiger partial charge in [-0.05, 0) is 37.6 Å². The maximum Gasteiger partial charge on any atom is 0.220 e. The molecular formula is C18H30N4O. The minimum absolute atomic E-state index is 0.125. The molecule has 0 spiro atoms. The third-order valence-electron chi connectivity index (χ3n) is 4.43. The zero-order valence-electron chi connectivity index (χ0n) is 14.5. The number of amides is 1. The van der Waals surface area contributed by atoms with E-state index in [0.29, 0.717) is 6.42 Å². The molecule has 1 amide bonds. The van der Waals surface area contributed by atoms with Crippen molar-refractivity contribution in [2.45, 2.75) is 32.6 Å². The van der Waals surface area contributed by atoms with Crippen LogP contribution in [0.1, 0.15) is 31.7 Å². The Bertz CT molecular complexity index is 510. The van der Waals surface area contributed by atoms with Gasteiger partial charge < -0.3 is 20.9 Å². The number of rotatable bonds is 7. The molecule has 3 N–H and O–H groups in total. The fourth-order valence-electron chi connectivity index (χ4n) is 2.85. The molecule has 0 saturated carbocycles. The zero-order chi connectivity index (χ0) is 16.7. The van der Waals surface area contributed by atoms with Crippen LogP contribution >= 0.6 is 0 Å². The van der Waals surface area contributed by atoms with Gasteiger partial charge in [0.2, 0.25) is 5.91 Å². The van der Waals surface area contributed by atoms with E-state index in [4.69, 9.17) is 5.73 Å². The van der Waals surface area contributed by atoms with Crippen LogP contribution in [0.15, 0.2) is 18.2 Å². The van der Waals surface area contributed by atoms with E-state index in [0.717, 1.165) is 68.9 Å². The van der Waals surface area contributed by atoms with Crippen LogP contribution in [0.4, 0.5) is 11.4 Å². The normalized spacial score (nSPS) is 15.7. The second-order valence-electron chi connectivity index (χ2n) is 6.39. The summed E-state index contributed by atoms with van der Waals surface area (Å²) < 4.78 is 0. The average molecular weight is 318 g/mol. The first kappa shape index (κ1) is 17.6. The Kier molecular flexibility index (Phi) is 6.71. The number of hydrogen-bond donors (Lipinski definition) is 2. The average Bonchev–Trinajstić information content (AvgIpc) is 2.54. The lowest BCUT2D eigenvalue weighted by Crippen LogP contribution is -2.44. The molecule has 0 radical (unpaired) electrons. The standard InChI is InChI=1S/C18H30N4O/c1-3-4-9-20-18(23)8-6-15-5-7-17(16(19)14-15)22-12-10-21(2)11-13-22/h5,7,14H,3-4,6,8-13,19H2,1-2H3,(H,20,23). The molecule has 128 valence electrons. The molecule has 0 aliphatic carbocycles. The number of nitrogens with two attached hydrogens (primary N) is 1. The maximum atomic E-state index is 11.8. The van der Waals surface area contributed by atoms with Gasteiger partial charge >= 0.3 is 0 Å². The van der Waals surface area contributed by atoms with Crippen LogP contribution in [-0.2, 0) is 11.2 Å². The predicted molar refractivity (Wildman–Crippen MR) is 96.8 cm³/mol. The highest BCUT2D eigenvalue weighted by Crippen LogP contribution is 2.25. The van der Waals surface area contributed by atoms with Gasteiger partial charge in [0.05, 0.1) is 11.4 Å². The van der Waals surface area contributed by atoms with E-state index >= 15 is 0 Å². The van der Waals surface area contributed by atoms with E-state index in [1.165, 1.54) is 0 Å². The summed E-state index contributed by atoms with van der Waals surface area (Å²) in [5.74, 6) is 0.125. The topological polar surface area (TPSA) is 61.6 Å². The van der Waals surface area contributed by atoms with Gasteiger partial charge in [-0.3, -0.25) is 4.79 Å². The minimum Gasteiger partial charge on any atom is -0.397 e. The van der Waals surface area contributed by atoms with E-state index in [1.807, 2.05) is 6.07 Å². The SMILES string of the molecule is CCCCNC(=O)CCc1ccc(N2CCN(C)CC2)c(N)c1. The first-order chi connectivity index (χ1) is 11.1. The third-order valence-corrected chi connectivity index (χ3v) is 4.43. The van der Waals surface area contributed by atoms with Crippen molar-refractivity contribution in [2.24, 2.45) is 0 Å². The van der Waals surface area contributed by atoms with Crippen molar-refractivity contribution in [1.82, 2.24) is 10.2 Å². The van der Waals surface area contributed by atoms with Crippen LogP contribution in [0, 0.1) is 0 Å². The van der Waals surface area contributed by atoms with Crippen molar-refractivity contribution >= 4 is 17.3 Å². The number of nitrogen functional groups attached to an aromatic ring is 1. The molecule has 5 heteroatoms. The smallest absolute Gasteiger partial charge is 0.220 e. The molecule has 1 fully saturated rings. The highest BCUT2D eigenvalue weighted by molar-refractivity contribution is 5.76. The Balaban J connectivity index is 1.85. The Labute approximate surface area is 139 Å². The summed E-state index contributed by atoms with van der Waals surface area (Å²) in [7, 11) is 2.15. The maximum absolute atomic E-state index is 11.8. The van der Waals surface area contributed by atoms with Crippen molar-refractivity contribution in [3.8, 4) is 0 Å². The van der Waals surface area contributed by atoms with Gasteiger partial charge in [0.1, 0.15) is 0 Å². The Morgan fingerprint density at radius 3 is 2.65 bits per heavy atom. The van der Waals surface area contributed by atoms with Gasteiger partial charge in [-0.15, -0.1) is 0 Å². The molecule has 2 rings (SSSR count). The number of nitrogens with one attached hydrogen (secondary N) is 1. The highest BCUT2D eigenvalue weighted by Gasteiger charge is 2.16. The van der Waals surface area contributed by atoms with Gasteiger partial charge in [-0.2, -0.15) is 0 Å². The summed E-state index contributed by atoms with van der Waals surface area (Å²) in [4.78, 5) is 16.4. The summed E-state index contributed by atoms with van der Waals surface area (Å²) in [6.45, 7) is 7.06. The molecule has 1 aromatic carbocycles.